The topological polar surface area (TPSA) is 61.7 Å². The lowest BCUT2D eigenvalue weighted by atomic mass is 9.85. The van der Waals surface area contributed by atoms with E-state index in [-0.39, 0.29) is 18.0 Å². The number of amides is 3. The fraction of sp³-hybridized carbons (Fsp3) is 0.762. The van der Waals surface area contributed by atoms with E-state index in [1.54, 1.807) is 0 Å². The van der Waals surface area contributed by atoms with Gasteiger partial charge in [-0.05, 0) is 46.0 Å². The number of aryl methyl sites for hydroxylation is 2. The zero-order valence-electron chi connectivity index (χ0n) is 18.2. The average molecular weight is 390 g/mol. The molecule has 2 aliphatic heterocycles. The van der Waals surface area contributed by atoms with Crippen molar-refractivity contribution < 1.29 is 9.59 Å². The van der Waals surface area contributed by atoms with Crippen LogP contribution in [0.3, 0.4) is 0 Å². The van der Waals surface area contributed by atoms with E-state index >= 15 is 0 Å². The molecule has 0 N–H and O–H groups in total. The molecule has 0 aromatic carbocycles. The van der Waals surface area contributed by atoms with E-state index in [0.29, 0.717) is 25.3 Å². The standard InChI is InChI=1S/C21H35N5O2/c1-15(2)7-10-25-20(28)26(16(3)4)19(27)21(25)8-11-24(12-9-21)14-18-13-23(6)22-17(18)5/h13,15-16H,7-12,14H2,1-6H3. The molecule has 0 bridgehead atoms. The van der Waals surface area contributed by atoms with Crippen molar-refractivity contribution in [2.24, 2.45) is 13.0 Å². The summed E-state index contributed by atoms with van der Waals surface area (Å²) in [5, 5.41) is 4.43. The van der Waals surface area contributed by atoms with Crippen LogP contribution in [-0.2, 0) is 18.4 Å². The summed E-state index contributed by atoms with van der Waals surface area (Å²) < 4.78 is 1.85. The van der Waals surface area contributed by atoms with Gasteiger partial charge in [0.25, 0.3) is 5.91 Å². The summed E-state index contributed by atoms with van der Waals surface area (Å²) in [4.78, 5) is 32.2. The van der Waals surface area contributed by atoms with Gasteiger partial charge in [-0.2, -0.15) is 5.10 Å². The highest BCUT2D eigenvalue weighted by Gasteiger charge is 2.58. The van der Waals surface area contributed by atoms with Crippen LogP contribution in [0.15, 0.2) is 6.20 Å². The van der Waals surface area contributed by atoms with E-state index in [1.807, 2.05) is 37.4 Å². The Balaban J connectivity index is 1.76. The van der Waals surface area contributed by atoms with Gasteiger partial charge >= 0.3 is 6.03 Å². The zero-order valence-corrected chi connectivity index (χ0v) is 18.2. The Morgan fingerprint density at radius 2 is 1.79 bits per heavy atom. The molecule has 1 aromatic rings. The molecular weight excluding hydrogens is 354 g/mol. The van der Waals surface area contributed by atoms with Crippen molar-refractivity contribution in [1.82, 2.24) is 24.5 Å². The zero-order chi connectivity index (χ0) is 20.6. The van der Waals surface area contributed by atoms with Gasteiger partial charge in [0.15, 0.2) is 0 Å². The first-order valence-corrected chi connectivity index (χ1v) is 10.5. The number of hydrogen-bond acceptors (Lipinski definition) is 4. The molecule has 0 saturated carbocycles. The number of carbonyl (C=O) groups excluding carboxylic acids is 2. The molecule has 3 heterocycles. The molecule has 28 heavy (non-hydrogen) atoms. The minimum absolute atomic E-state index is 0.00784. The predicted octanol–water partition coefficient (Wildman–Crippen LogP) is 2.78. The van der Waals surface area contributed by atoms with Crippen molar-refractivity contribution in [3.05, 3.63) is 17.5 Å². The van der Waals surface area contributed by atoms with Gasteiger partial charge in [-0.3, -0.25) is 19.3 Å². The number of carbonyl (C=O) groups is 2. The van der Waals surface area contributed by atoms with Gasteiger partial charge < -0.3 is 4.90 Å². The molecule has 0 aliphatic carbocycles. The maximum absolute atomic E-state index is 13.3. The van der Waals surface area contributed by atoms with Crippen LogP contribution in [0, 0.1) is 12.8 Å². The number of likely N-dealkylation sites (tertiary alicyclic amines) is 1. The molecule has 1 aromatic heterocycles. The van der Waals surface area contributed by atoms with Gasteiger partial charge in [0, 0.05) is 51.0 Å². The van der Waals surface area contributed by atoms with Crippen molar-refractivity contribution in [2.75, 3.05) is 19.6 Å². The van der Waals surface area contributed by atoms with Crippen LogP contribution in [0.2, 0.25) is 0 Å². The third kappa shape index (κ3) is 3.69. The van der Waals surface area contributed by atoms with Crippen molar-refractivity contribution in [2.45, 2.75) is 72.0 Å². The van der Waals surface area contributed by atoms with Gasteiger partial charge in [-0.15, -0.1) is 0 Å². The van der Waals surface area contributed by atoms with E-state index in [1.165, 1.54) is 10.5 Å². The lowest BCUT2D eigenvalue weighted by molar-refractivity contribution is -0.136. The number of urea groups is 1. The van der Waals surface area contributed by atoms with E-state index in [0.717, 1.165) is 31.7 Å². The Morgan fingerprint density at radius 1 is 1.14 bits per heavy atom. The van der Waals surface area contributed by atoms with Crippen LogP contribution in [0.4, 0.5) is 4.79 Å². The van der Waals surface area contributed by atoms with E-state index in [4.69, 9.17) is 0 Å². The Hall–Kier alpha value is -1.89. The number of aromatic nitrogens is 2. The van der Waals surface area contributed by atoms with Crippen molar-refractivity contribution >= 4 is 11.9 Å². The van der Waals surface area contributed by atoms with Crippen LogP contribution in [0.25, 0.3) is 0 Å². The van der Waals surface area contributed by atoms with E-state index in [2.05, 4.69) is 30.0 Å². The Bertz CT molecular complexity index is 731. The monoisotopic (exact) mass is 389 g/mol. The number of piperidine rings is 1. The van der Waals surface area contributed by atoms with Crippen LogP contribution in [0.1, 0.15) is 58.2 Å². The molecular formula is C21H35N5O2. The minimum atomic E-state index is -0.656. The second kappa shape index (κ2) is 7.85. The highest BCUT2D eigenvalue weighted by atomic mass is 16.2. The lowest BCUT2D eigenvalue weighted by Crippen LogP contribution is -2.56. The normalized spacial score (nSPS) is 20.4. The van der Waals surface area contributed by atoms with Gasteiger partial charge in [0.2, 0.25) is 0 Å². The van der Waals surface area contributed by atoms with Gasteiger partial charge in [-0.25, -0.2) is 4.79 Å². The molecule has 2 aliphatic rings. The number of nitrogens with zero attached hydrogens (tertiary/aromatic N) is 5. The minimum Gasteiger partial charge on any atom is -0.309 e. The smallest absolute Gasteiger partial charge is 0.309 e. The SMILES string of the molecule is Cc1nn(C)cc1CN1CCC2(CC1)C(=O)N(C(C)C)C(=O)N2CCC(C)C. The summed E-state index contributed by atoms with van der Waals surface area (Å²) >= 11 is 0. The molecule has 3 amide bonds. The average Bonchev–Trinajstić information content (AvgIpc) is 3.02. The van der Waals surface area contributed by atoms with E-state index < -0.39 is 5.54 Å². The lowest BCUT2D eigenvalue weighted by Gasteiger charge is -2.42. The number of hydrogen-bond donors (Lipinski definition) is 0. The summed E-state index contributed by atoms with van der Waals surface area (Å²) in [5.74, 6) is 0.509. The highest BCUT2D eigenvalue weighted by Crippen LogP contribution is 2.39. The molecule has 0 unspecified atom stereocenters. The van der Waals surface area contributed by atoms with Crippen LogP contribution < -0.4 is 0 Å². The van der Waals surface area contributed by atoms with Gasteiger partial charge in [0.1, 0.15) is 5.54 Å². The summed E-state index contributed by atoms with van der Waals surface area (Å²) in [6.45, 7) is 13.3. The second-order valence-corrected chi connectivity index (χ2v) is 9.11. The maximum atomic E-state index is 13.3. The molecule has 7 nitrogen and oxygen atoms in total. The molecule has 1 spiro atoms. The fourth-order valence-corrected chi connectivity index (χ4v) is 4.50. The highest BCUT2D eigenvalue weighted by molar-refractivity contribution is 6.07. The molecule has 3 rings (SSSR count). The second-order valence-electron chi connectivity index (χ2n) is 9.11. The Morgan fingerprint density at radius 3 is 2.29 bits per heavy atom. The summed E-state index contributed by atoms with van der Waals surface area (Å²) in [6.07, 6.45) is 4.40. The number of imide groups is 1. The first-order chi connectivity index (χ1) is 13.2. The molecule has 7 heteroatoms. The molecule has 156 valence electrons. The van der Waals surface area contributed by atoms with Crippen LogP contribution >= 0.6 is 0 Å². The maximum Gasteiger partial charge on any atom is 0.327 e. The quantitative estimate of drug-likeness (QED) is 0.702. The largest absolute Gasteiger partial charge is 0.327 e. The van der Waals surface area contributed by atoms with Crippen LogP contribution in [0.5, 0.6) is 0 Å². The van der Waals surface area contributed by atoms with Crippen molar-refractivity contribution in [1.29, 1.82) is 0 Å². The first kappa shape index (κ1) is 20.8. The number of rotatable bonds is 6. The van der Waals surface area contributed by atoms with Crippen LogP contribution in [-0.4, -0.2) is 67.6 Å². The van der Waals surface area contributed by atoms with Gasteiger partial charge in [0.05, 0.1) is 5.69 Å². The van der Waals surface area contributed by atoms with Gasteiger partial charge in [-0.1, -0.05) is 13.8 Å². The third-order valence-corrected chi connectivity index (χ3v) is 6.21. The van der Waals surface area contributed by atoms with Crippen molar-refractivity contribution in [3.63, 3.8) is 0 Å². The molecule has 2 fully saturated rings. The first-order valence-electron chi connectivity index (χ1n) is 10.5. The summed E-state index contributed by atoms with van der Waals surface area (Å²) in [6, 6.07) is -0.200. The Kier molecular flexibility index (Phi) is 5.84. The van der Waals surface area contributed by atoms with E-state index in [9.17, 15) is 9.59 Å². The molecule has 2 saturated heterocycles. The fourth-order valence-electron chi connectivity index (χ4n) is 4.50. The molecule has 0 atom stereocenters. The Labute approximate surface area is 168 Å². The third-order valence-electron chi connectivity index (χ3n) is 6.21. The summed E-state index contributed by atoms with van der Waals surface area (Å²) in [5.41, 5.74) is 1.63. The molecule has 0 radical (unpaired) electrons. The summed E-state index contributed by atoms with van der Waals surface area (Å²) in [7, 11) is 1.94. The van der Waals surface area contributed by atoms with Crippen molar-refractivity contribution in [3.8, 4) is 0 Å². The predicted molar refractivity (Wildman–Crippen MR) is 109 cm³/mol.